The molecule has 0 aliphatic heterocycles. The Labute approximate surface area is 102 Å². The zero-order valence-corrected chi connectivity index (χ0v) is 9.63. The number of halogens is 1. The van der Waals surface area contributed by atoms with Crippen LogP contribution in [0.25, 0.3) is 11.1 Å². The van der Waals surface area contributed by atoms with Crippen molar-refractivity contribution in [3.63, 3.8) is 0 Å². The Kier molecular flexibility index (Phi) is 3.27. The molecular weight excluding hydrogens is 239 g/mol. The van der Waals surface area contributed by atoms with Crippen LogP contribution in [-0.2, 0) is 16.1 Å². The molecule has 0 spiro atoms. The molecule has 0 unspecified atom stereocenters. The quantitative estimate of drug-likeness (QED) is 0.840. The first kappa shape index (κ1) is 12.1. The Morgan fingerprint density at radius 2 is 2.33 bits per heavy atom. The first-order valence-corrected chi connectivity index (χ1v) is 5.18. The van der Waals surface area contributed by atoms with E-state index in [4.69, 9.17) is 0 Å². The van der Waals surface area contributed by atoms with Gasteiger partial charge in [0.05, 0.1) is 13.3 Å². The lowest BCUT2D eigenvalue weighted by atomic mass is 10.1. The first-order chi connectivity index (χ1) is 8.60. The topological polar surface area (TPSA) is 64.3 Å². The van der Waals surface area contributed by atoms with Crippen LogP contribution in [0.5, 0.6) is 5.75 Å². The van der Waals surface area contributed by atoms with Crippen LogP contribution in [0.3, 0.4) is 0 Å². The Bertz CT molecular complexity index is 580. The summed E-state index contributed by atoms with van der Waals surface area (Å²) in [6.07, 6.45) is 2.98. The number of phenols is 1. The zero-order chi connectivity index (χ0) is 13.1. The average molecular weight is 250 g/mol. The Hall–Kier alpha value is -2.37. The molecule has 0 bridgehead atoms. The van der Waals surface area contributed by atoms with Crippen molar-refractivity contribution in [3.8, 4) is 16.9 Å². The van der Waals surface area contributed by atoms with Gasteiger partial charge in [-0.2, -0.15) is 5.10 Å². The summed E-state index contributed by atoms with van der Waals surface area (Å²) in [5.74, 6) is -0.939. The molecule has 0 amide bonds. The van der Waals surface area contributed by atoms with E-state index >= 15 is 0 Å². The summed E-state index contributed by atoms with van der Waals surface area (Å²) in [5, 5.41) is 13.6. The van der Waals surface area contributed by atoms with Gasteiger partial charge < -0.3 is 9.84 Å². The highest BCUT2D eigenvalue weighted by molar-refractivity contribution is 5.71. The molecule has 5 nitrogen and oxygen atoms in total. The molecule has 0 saturated carbocycles. The van der Waals surface area contributed by atoms with Gasteiger partial charge in [0.2, 0.25) is 0 Å². The van der Waals surface area contributed by atoms with E-state index in [9.17, 15) is 14.3 Å². The third-order valence-electron chi connectivity index (χ3n) is 2.42. The fourth-order valence-electron chi connectivity index (χ4n) is 1.53. The fraction of sp³-hybridized carbons (Fsp3) is 0.167. The highest BCUT2D eigenvalue weighted by Crippen LogP contribution is 2.29. The van der Waals surface area contributed by atoms with Crippen molar-refractivity contribution in [1.82, 2.24) is 9.78 Å². The maximum Gasteiger partial charge on any atom is 0.327 e. The van der Waals surface area contributed by atoms with Crippen molar-refractivity contribution in [2.45, 2.75) is 6.54 Å². The molecule has 1 aromatic carbocycles. The summed E-state index contributed by atoms with van der Waals surface area (Å²) >= 11 is 0. The highest BCUT2D eigenvalue weighted by atomic mass is 19.1. The highest BCUT2D eigenvalue weighted by Gasteiger charge is 2.10. The lowest BCUT2D eigenvalue weighted by molar-refractivity contribution is -0.141. The van der Waals surface area contributed by atoms with E-state index in [0.717, 1.165) is 6.07 Å². The van der Waals surface area contributed by atoms with Crippen LogP contribution >= 0.6 is 0 Å². The van der Waals surface area contributed by atoms with Crippen molar-refractivity contribution >= 4 is 5.97 Å². The Balaban J connectivity index is 2.29. The van der Waals surface area contributed by atoms with Gasteiger partial charge in [0, 0.05) is 17.3 Å². The maximum absolute atomic E-state index is 13.1. The van der Waals surface area contributed by atoms with Crippen LogP contribution in [0.15, 0.2) is 30.6 Å². The minimum absolute atomic E-state index is 0.0351. The summed E-state index contributed by atoms with van der Waals surface area (Å²) in [7, 11) is 1.28. The van der Waals surface area contributed by atoms with Gasteiger partial charge in [0.1, 0.15) is 18.1 Å². The summed E-state index contributed by atoms with van der Waals surface area (Å²) in [4.78, 5) is 11.1. The molecule has 0 aliphatic carbocycles. The lowest BCUT2D eigenvalue weighted by Crippen LogP contribution is -2.11. The van der Waals surface area contributed by atoms with Crippen molar-refractivity contribution in [1.29, 1.82) is 0 Å². The molecule has 0 aliphatic rings. The number of ether oxygens (including phenoxy) is 1. The number of carbonyl (C=O) groups is 1. The van der Waals surface area contributed by atoms with Crippen LogP contribution in [0.2, 0.25) is 0 Å². The second-order valence-corrected chi connectivity index (χ2v) is 3.66. The molecule has 1 aromatic heterocycles. The zero-order valence-electron chi connectivity index (χ0n) is 9.63. The largest absolute Gasteiger partial charge is 0.507 e. The Morgan fingerprint density at radius 3 is 3.06 bits per heavy atom. The maximum atomic E-state index is 13.1. The van der Waals surface area contributed by atoms with E-state index in [1.807, 2.05) is 0 Å². The van der Waals surface area contributed by atoms with Crippen LogP contribution in [0, 0.1) is 5.82 Å². The van der Waals surface area contributed by atoms with Crippen LogP contribution < -0.4 is 0 Å². The number of aromatic nitrogens is 2. The number of phenolic OH excluding ortho intramolecular Hbond substituents is 1. The molecular formula is C12H11FN2O3. The van der Waals surface area contributed by atoms with Gasteiger partial charge in [0.25, 0.3) is 0 Å². The molecule has 94 valence electrons. The number of nitrogens with zero attached hydrogens (tertiary/aromatic N) is 2. The van der Waals surface area contributed by atoms with Gasteiger partial charge in [-0.05, 0) is 18.2 Å². The summed E-state index contributed by atoms with van der Waals surface area (Å²) < 4.78 is 18.9. The van der Waals surface area contributed by atoms with Gasteiger partial charge >= 0.3 is 5.97 Å². The van der Waals surface area contributed by atoms with Crippen molar-refractivity contribution in [3.05, 3.63) is 36.4 Å². The molecule has 2 aromatic rings. The van der Waals surface area contributed by atoms with Gasteiger partial charge in [-0.1, -0.05) is 0 Å². The predicted octanol–water partition coefficient (Wildman–Crippen LogP) is 1.57. The van der Waals surface area contributed by atoms with Crippen molar-refractivity contribution in [2.24, 2.45) is 0 Å². The number of methoxy groups -OCH3 is 1. The molecule has 0 saturated heterocycles. The van der Waals surface area contributed by atoms with Gasteiger partial charge in [-0.25, -0.2) is 4.39 Å². The number of hydrogen-bond acceptors (Lipinski definition) is 4. The van der Waals surface area contributed by atoms with Gasteiger partial charge in [0.15, 0.2) is 0 Å². The van der Waals surface area contributed by atoms with Gasteiger partial charge in [-0.3, -0.25) is 9.48 Å². The van der Waals surface area contributed by atoms with Crippen molar-refractivity contribution in [2.75, 3.05) is 7.11 Å². The number of hydrogen-bond donors (Lipinski definition) is 1. The average Bonchev–Trinajstić information content (AvgIpc) is 2.80. The minimum atomic E-state index is -0.455. The van der Waals surface area contributed by atoms with E-state index in [-0.39, 0.29) is 12.3 Å². The first-order valence-electron chi connectivity index (χ1n) is 5.18. The van der Waals surface area contributed by atoms with Gasteiger partial charge in [-0.15, -0.1) is 0 Å². The molecule has 0 fully saturated rings. The number of carbonyl (C=O) groups excluding carboxylic acids is 1. The summed E-state index contributed by atoms with van der Waals surface area (Å²) in [6.45, 7) is -0.0351. The molecule has 6 heteroatoms. The van der Waals surface area contributed by atoms with Crippen LogP contribution in [-0.4, -0.2) is 28.0 Å². The van der Waals surface area contributed by atoms with E-state index in [0.29, 0.717) is 11.1 Å². The molecule has 2 rings (SSSR count). The molecule has 18 heavy (non-hydrogen) atoms. The molecule has 1 heterocycles. The molecule has 1 N–H and O–H groups in total. The van der Waals surface area contributed by atoms with Crippen LogP contribution in [0.1, 0.15) is 0 Å². The fourth-order valence-corrected chi connectivity index (χ4v) is 1.53. The van der Waals surface area contributed by atoms with E-state index in [1.165, 1.54) is 36.3 Å². The summed E-state index contributed by atoms with van der Waals surface area (Å²) in [5.41, 5.74) is 0.849. The number of benzene rings is 1. The normalized spacial score (nSPS) is 10.3. The number of rotatable bonds is 3. The second kappa shape index (κ2) is 4.87. The van der Waals surface area contributed by atoms with E-state index in [1.54, 1.807) is 0 Å². The minimum Gasteiger partial charge on any atom is -0.507 e. The lowest BCUT2D eigenvalue weighted by Gasteiger charge is -2.01. The SMILES string of the molecule is COC(=O)Cn1cc(-c2cc(F)ccc2O)cn1. The standard InChI is InChI=1S/C12H11FN2O3/c1-18-12(17)7-15-6-8(5-14-15)10-4-9(13)2-3-11(10)16/h2-6,16H,7H2,1H3. The smallest absolute Gasteiger partial charge is 0.327 e. The molecule has 0 atom stereocenters. The van der Waals surface area contributed by atoms with Crippen molar-refractivity contribution < 1.29 is 19.0 Å². The monoisotopic (exact) mass is 250 g/mol. The summed E-state index contributed by atoms with van der Waals surface area (Å²) in [6, 6.07) is 3.63. The van der Waals surface area contributed by atoms with E-state index in [2.05, 4.69) is 9.84 Å². The number of esters is 1. The molecule has 0 radical (unpaired) electrons. The predicted molar refractivity (Wildman–Crippen MR) is 61.3 cm³/mol. The Morgan fingerprint density at radius 1 is 1.56 bits per heavy atom. The van der Waals surface area contributed by atoms with Crippen LogP contribution in [0.4, 0.5) is 4.39 Å². The number of aromatic hydroxyl groups is 1. The third-order valence-corrected chi connectivity index (χ3v) is 2.42. The van der Waals surface area contributed by atoms with E-state index < -0.39 is 11.8 Å². The second-order valence-electron chi connectivity index (χ2n) is 3.66. The third kappa shape index (κ3) is 2.48.